The molecule has 0 aliphatic rings. The lowest BCUT2D eigenvalue weighted by molar-refractivity contribution is -0.894. The van der Waals surface area contributed by atoms with Crippen molar-refractivity contribution < 1.29 is 18.8 Å². The van der Waals surface area contributed by atoms with Crippen molar-refractivity contribution in [1.29, 1.82) is 0 Å². The summed E-state index contributed by atoms with van der Waals surface area (Å²) in [7, 11) is 1.61. The molecule has 7 heteroatoms. The largest absolute Gasteiger partial charge is 0.497 e. The number of hydrogen-bond acceptors (Lipinski definition) is 4. The number of carbonyl (C=O) groups excluding carboxylic acids is 1. The van der Waals surface area contributed by atoms with Crippen LogP contribution in [0.3, 0.4) is 0 Å². The van der Waals surface area contributed by atoms with Crippen molar-refractivity contribution in [1.82, 2.24) is 4.98 Å². The Morgan fingerprint density at radius 1 is 1.21 bits per heavy atom. The van der Waals surface area contributed by atoms with Crippen LogP contribution in [0.15, 0.2) is 42.5 Å². The van der Waals surface area contributed by atoms with Crippen molar-refractivity contribution in [2.45, 2.75) is 13.8 Å². The second-order valence-electron chi connectivity index (χ2n) is 6.50. The maximum atomic E-state index is 13.7. The van der Waals surface area contributed by atoms with Crippen LogP contribution < -0.4 is 14.5 Å². The minimum atomic E-state index is -0.422. The lowest BCUT2D eigenvalue weighted by atomic mass is 10.2. The first-order valence-electron chi connectivity index (χ1n) is 9.41. The van der Waals surface area contributed by atoms with Crippen molar-refractivity contribution in [2.24, 2.45) is 0 Å². The molecular weight excluding hydrogens is 377 g/mol. The minimum absolute atomic E-state index is 0.239. The first kappa shape index (κ1) is 20.2. The first-order valence-corrected chi connectivity index (χ1v) is 10.2. The molecule has 1 N–H and O–H groups in total. The van der Waals surface area contributed by atoms with E-state index in [4.69, 9.17) is 4.74 Å². The molecule has 0 radical (unpaired) electrons. The molecule has 0 saturated heterocycles. The van der Waals surface area contributed by atoms with Gasteiger partial charge in [-0.15, -0.1) is 0 Å². The molecule has 1 amide bonds. The fourth-order valence-corrected chi connectivity index (χ4v) is 4.04. The number of likely N-dealkylation sites (N-methyl/N-ethyl adjacent to an activating group) is 1. The molecule has 3 aromatic rings. The predicted octanol–water partition coefficient (Wildman–Crippen LogP) is 3.02. The van der Waals surface area contributed by atoms with Crippen molar-refractivity contribution >= 4 is 32.6 Å². The molecule has 0 atom stereocenters. The van der Waals surface area contributed by atoms with Crippen molar-refractivity contribution in [2.75, 3.05) is 38.2 Å². The third kappa shape index (κ3) is 4.48. The van der Waals surface area contributed by atoms with Crippen molar-refractivity contribution in [3.05, 3.63) is 53.8 Å². The Kier molecular flexibility index (Phi) is 6.59. The van der Waals surface area contributed by atoms with Gasteiger partial charge in [-0.3, -0.25) is 9.69 Å². The number of ether oxygens (including phenoxy) is 1. The number of rotatable bonds is 8. The SMILES string of the molecule is CC[NH+](CC)CCN(C(=O)c1cccc(F)c1)c1nc2cc(OC)ccc2s1. The normalized spacial score (nSPS) is 11.2. The highest BCUT2D eigenvalue weighted by molar-refractivity contribution is 7.22. The van der Waals surface area contributed by atoms with Crippen LogP contribution in [-0.2, 0) is 0 Å². The van der Waals surface area contributed by atoms with Gasteiger partial charge in [-0.1, -0.05) is 17.4 Å². The quantitative estimate of drug-likeness (QED) is 0.630. The minimum Gasteiger partial charge on any atom is -0.497 e. The molecule has 0 saturated carbocycles. The van der Waals surface area contributed by atoms with E-state index >= 15 is 0 Å². The molecule has 0 aliphatic carbocycles. The van der Waals surface area contributed by atoms with Gasteiger partial charge in [-0.05, 0) is 44.2 Å². The molecule has 0 unspecified atom stereocenters. The number of carbonyl (C=O) groups is 1. The van der Waals surface area contributed by atoms with E-state index in [0.717, 1.165) is 35.6 Å². The lowest BCUT2D eigenvalue weighted by Crippen LogP contribution is -3.12. The van der Waals surface area contributed by atoms with E-state index in [1.165, 1.54) is 28.4 Å². The Balaban J connectivity index is 1.96. The van der Waals surface area contributed by atoms with Gasteiger partial charge in [0.05, 0.1) is 43.5 Å². The van der Waals surface area contributed by atoms with Crippen molar-refractivity contribution in [3.63, 3.8) is 0 Å². The van der Waals surface area contributed by atoms with Crippen LogP contribution in [0.2, 0.25) is 0 Å². The predicted molar refractivity (Wildman–Crippen MR) is 111 cm³/mol. The first-order chi connectivity index (χ1) is 13.5. The van der Waals surface area contributed by atoms with E-state index in [0.29, 0.717) is 17.2 Å². The Labute approximate surface area is 168 Å². The molecular formula is C21H25FN3O2S+. The fraction of sp³-hybridized carbons (Fsp3) is 0.333. The molecule has 5 nitrogen and oxygen atoms in total. The van der Waals surface area contributed by atoms with Gasteiger partial charge < -0.3 is 9.64 Å². The summed E-state index contributed by atoms with van der Waals surface area (Å²) >= 11 is 1.45. The average molecular weight is 403 g/mol. The molecule has 1 aromatic heterocycles. The van der Waals surface area contributed by atoms with Crippen LogP contribution in [-0.4, -0.2) is 44.2 Å². The van der Waals surface area contributed by atoms with Gasteiger partial charge in [0, 0.05) is 11.6 Å². The summed E-state index contributed by atoms with van der Waals surface area (Å²) in [6.07, 6.45) is 0. The third-order valence-corrected chi connectivity index (χ3v) is 5.88. The molecule has 0 spiro atoms. The Morgan fingerprint density at radius 3 is 2.68 bits per heavy atom. The van der Waals surface area contributed by atoms with E-state index in [2.05, 4.69) is 18.8 Å². The average Bonchev–Trinajstić information content (AvgIpc) is 3.13. The molecule has 148 valence electrons. The van der Waals surface area contributed by atoms with Gasteiger partial charge in [-0.2, -0.15) is 0 Å². The Hall–Kier alpha value is -2.51. The lowest BCUT2D eigenvalue weighted by Gasteiger charge is -2.23. The number of amides is 1. The molecule has 3 rings (SSSR count). The zero-order valence-electron chi connectivity index (χ0n) is 16.4. The van der Waals surface area contributed by atoms with Gasteiger partial charge >= 0.3 is 0 Å². The van der Waals surface area contributed by atoms with Gasteiger partial charge in [-0.25, -0.2) is 9.37 Å². The summed E-state index contributed by atoms with van der Waals surface area (Å²) in [5.41, 5.74) is 1.11. The van der Waals surface area contributed by atoms with Crippen LogP contribution >= 0.6 is 11.3 Å². The van der Waals surface area contributed by atoms with E-state index in [-0.39, 0.29) is 5.91 Å². The number of methoxy groups -OCH3 is 1. The number of fused-ring (bicyclic) bond motifs is 1. The summed E-state index contributed by atoms with van der Waals surface area (Å²) in [5, 5.41) is 0.615. The van der Waals surface area contributed by atoms with Gasteiger partial charge in [0.15, 0.2) is 5.13 Å². The maximum absolute atomic E-state index is 13.7. The molecule has 0 fully saturated rings. The number of nitrogens with zero attached hydrogens (tertiary/aromatic N) is 2. The zero-order valence-corrected chi connectivity index (χ0v) is 17.2. The van der Waals surface area contributed by atoms with Crippen LogP contribution in [0, 0.1) is 5.82 Å². The van der Waals surface area contributed by atoms with Crippen molar-refractivity contribution in [3.8, 4) is 5.75 Å². The van der Waals surface area contributed by atoms with Gasteiger partial charge in [0.1, 0.15) is 11.6 Å². The molecule has 28 heavy (non-hydrogen) atoms. The summed E-state index contributed by atoms with van der Waals surface area (Å²) in [5.74, 6) is 0.0613. The zero-order chi connectivity index (χ0) is 20.1. The van der Waals surface area contributed by atoms with Crippen LogP contribution in [0.4, 0.5) is 9.52 Å². The number of hydrogen-bond donors (Lipinski definition) is 1. The smallest absolute Gasteiger partial charge is 0.260 e. The highest BCUT2D eigenvalue weighted by atomic mass is 32.1. The van der Waals surface area contributed by atoms with E-state index in [1.807, 2.05) is 18.2 Å². The number of nitrogens with one attached hydrogen (secondary N) is 1. The summed E-state index contributed by atoms with van der Waals surface area (Å²) in [6, 6.07) is 11.5. The van der Waals surface area contributed by atoms with Crippen LogP contribution in [0.1, 0.15) is 24.2 Å². The Bertz CT molecular complexity index is 956. The summed E-state index contributed by atoms with van der Waals surface area (Å²) < 4.78 is 19.9. The molecule has 1 heterocycles. The number of aromatic nitrogens is 1. The van der Waals surface area contributed by atoms with E-state index in [1.54, 1.807) is 24.1 Å². The molecule has 0 bridgehead atoms. The number of anilines is 1. The van der Waals surface area contributed by atoms with Crippen LogP contribution in [0.5, 0.6) is 5.75 Å². The standard InChI is InChI=1S/C21H24FN3O2S/c1-4-24(5-2)11-12-25(20(26)15-7-6-8-16(22)13-15)21-23-18-14-17(27-3)9-10-19(18)28-21/h6-10,13-14H,4-5,11-12H2,1-3H3/p+1. The number of halogens is 1. The van der Waals surface area contributed by atoms with Gasteiger partial charge in [0.2, 0.25) is 0 Å². The summed E-state index contributed by atoms with van der Waals surface area (Å²) in [6.45, 7) is 7.53. The fourth-order valence-electron chi connectivity index (χ4n) is 3.07. The Morgan fingerprint density at radius 2 is 2.00 bits per heavy atom. The molecule has 0 aliphatic heterocycles. The third-order valence-electron chi connectivity index (χ3n) is 4.82. The summed E-state index contributed by atoms with van der Waals surface area (Å²) in [4.78, 5) is 20.9. The second-order valence-corrected chi connectivity index (χ2v) is 7.51. The number of thiazole rings is 1. The number of quaternary nitrogens is 1. The monoisotopic (exact) mass is 402 g/mol. The maximum Gasteiger partial charge on any atom is 0.260 e. The van der Waals surface area contributed by atoms with Gasteiger partial charge in [0.25, 0.3) is 5.91 Å². The molecule has 2 aromatic carbocycles. The second kappa shape index (κ2) is 9.12. The topological polar surface area (TPSA) is 46.9 Å². The van der Waals surface area contributed by atoms with Crippen LogP contribution in [0.25, 0.3) is 10.2 Å². The van der Waals surface area contributed by atoms with E-state index < -0.39 is 5.82 Å². The van der Waals surface area contributed by atoms with E-state index in [9.17, 15) is 9.18 Å². The number of benzene rings is 2. The highest BCUT2D eigenvalue weighted by Gasteiger charge is 2.23. The highest BCUT2D eigenvalue weighted by Crippen LogP contribution is 2.31.